The molecule has 0 spiro atoms. The van der Waals surface area contributed by atoms with Crippen molar-refractivity contribution in [3.63, 3.8) is 0 Å². The lowest BCUT2D eigenvalue weighted by Crippen LogP contribution is -1.93. The summed E-state index contributed by atoms with van der Waals surface area (Å²) in [6.45, 7) is 4.43. The molecule has 1 saturated carbocycles. The van der Waals surface area contributed by atoms with Crippen LogP contribution in [0.5, 0.6) is 0 Å². The average Bonchev–Trinajstić information content (AvgIpc) is 3.55. The Morgan fingerprint density at radius 2 is 1.17 bits per heavy atom. The molecule has 0 aliphatic heterocycles. The third kappa shape index (κ3) is 12.2. The van der Waals surface area contributed by atoms with Gasteiger partial charge in [-0.3, -0.25) is 4.79 Å². The van der Waals surface area contributed by atoms with E-state index in [2.05, 4.69) is 72.3 Å². The first-order valence-electron chi connectivity index (χ1n) is 16.3. The number of aromatic nitrogens is 2. The fraction of sp³-hybridized carbons (Fsp3) is 0.541. The number of carboxylic acids is 1. The van der Waals surface area contributed by atoms with Gasteiger partial charge in [0, 0.05) is 24.4 Å². The first-order chi connectivity index (χ1) is 20.1. The monoisotopic (exact) mass is 556 g/mol. The minimum Gasteiger partial charge on any atom is -0.481 e. The molecule has 1 fully saturated rings. The Bertz CT molecular complexity index is 1100. The standard InChI is InChI=1S/C28H34N2.C9H18O2/c1-2-3-4-5-6-9-22-20-29-28(30-21-22)27-18-16-26(17-19-27)25-14-12-24(13-15-25)23-10-7-8-11-23;1-2-3-4-5-6-7-8-9(10)11/h12-21,23H,2-11H2,1H3;2-8H2,1H3,(H,10,11). The summed E-state index contributed by atoms with van der Waals surface area (Å²) < 4.78 is 0. The van der Waals surface area contributed by atoms with E-state index >= 15 is 0 Å². The predicted octanol–water partition coefficient (Wildman–Crippen LogP) is 10.8. The zero-order valence-corrected chi connectivity index (χ0v) is 25.6. The van der Waals surface area contributed by atoms with Gasteiger partial charge < -0.3 is 5.11 Å². The molecule has 1 aliphatic rings. The zero-order chi connectivity index (χ0) is 29.1. The number of hydrogen-bond acceptors (Lipinski definition) is 3. The van der Waals surface area contributed by atoms with Crippen LogP contribution in [0.1, 0.15) is 134 Å². The van der Waals surface area contributed by atoms with Crippen LogP contribution in [0.25, 0.3) is 22.5 Å². The van der Waals surface area contributed by atoms with Crippen LogP contribution < -0.4 is 0 Å². The van der Waals surface area contributed by atoms with Gasteiger partial charge in [0.15, 0.2) is 5.82 Å². The Morgan fingerprint density at radius 1 is 0.683 bits per heavy atom. The maximum absolute atomic E-state index is 10.1. The van der Waals surface area contributed by atoms with Gasteiger partial charge in [0.2, 0.25) is 0 Å². The number of nitrogens with zero attached hydrogens (tertiary/aromatic N) is 2. The molecule has 1 N–H and O–H groups in total. The van der Waals surface area contributed by atoms with Crippen LogP contribution in [0.15, 0.2) is 60.9 Å². The summed E-state index contributed by atoms with van der Waals surface area (Å²) in [7, 11) is 0. The third-order valence-corrected chi connectivity index (χ3v) is 8.23. The van der Waals surface area contributed by atoms with Crippen molar-refractivity contribution in [3.8, 4) is 22.5 Å². The van der Waals surface area contributed by atoms with Gasteiger partial charge in [-0.25, -0.2) is 9.97 Å². The summed E-state index contributed by atoms with van der Waals surface area (Å²) >= 11 is 0. The van der Waals surface area contributed by atoms with Gasteiger partial charge in [0.1, 0.15) is 0 Å². The molecule has 3 aromatic rings. The van der Waals surface area contributed by atoms with Crippen molar-refractivity contribution in [1.29, 1.82) is 0 Å². The minimum atomic E-state index is -0.666. The second kappa shape index (κ2) is 19.2. The normalized spacial score (nSPS) is 13.1. The summed E-state index contributed by atoms with van der Waals surface area (Å²) in [4.78, 5) is 19.3. The number of carbonyl (C=O) groups is 1. The first kappa shape index (κ1) is 32.5. The van der Waals surface area contributed by atoms with Crippen LogP contribution in [-0.2, 0) is 11.2 Å². The topological polar surface area (TPSA) is 63.1 Å². The highest BCUT2D eigenvalue weighted by Gasteiger charge is 2.16. The van der Waals surface area contributed by atoms with Crippen LogP contribution in [0.2, 0.25) is 0 Å². The van der Waals surface area contributed by atoms with Crippen LogP contribution in [-0.4, -0.2) is 21.0 Å². The second-order valence-electron chi connectivity index (χ2n) is 11.7. The highest BCUT2D eigenvalue weighted by Crippen LogP contribution is 2.35. The van der Waals surface area contributed by atoms with Crippen molar-refractivity contribution in [2.24, 2.45) is 0 Å². The van der Waals surface area contributed by atoms with Crippen molar-refractivity contribution in [3.05, 3.63) is 72.1 Å². The number of aliphatic carboxylic acids is 1. The molecule has 2 aromatic carbocycles. The number of carboxylic acid groups (broad SMARTS) is 1. The molecule has 1 heterocycles. The van der Waals surface area contributed by atoms with Gasteiger partial charge in [-0.1, -0.05) is 133 Å². The summed E-state index contributed by atoms with van der Waals surface area (Å²) in [5.74, 6) is 0.922. The van der Waals surface area contributed by atoms with E-state index < -0.39 is 5.97 Å². The lowest BCUT2D eigenvalue weighted by atomic mass is 9.95. The summed E-state index contributed by atoms with van der Waals surface area (Å²) in [6.07, 6.45) is 24.3. The number of hydrogen-bond donors (Lipinski definition) is 1. The molecule has 0 unspecified atom stereocenters. The van der Waals surface area contributed by atoms with Gasteiger partial charge in [-0.15, -0.1) is 0 Å². The van der Waals surface area contributed by atoms with Crippen LogP contribution in [0, 0.1) is 0 Å². The molecule has 1 aromatic heterocycles. The van der Waals surface area contributed by atoms with Gasteiger partial charge in [-0.2, -0.15) is 0 Å². The van der Waals surface area contributed by atoms with Crippen molar-refractivity contribution >= 4 is 5.97 Å². The molecule has 222 valence electrons. The van der Waals surface area contributed by atoms with E-state index in [-0.39, 0.29) is 0 Å². The average molecular weight is 557 g/mol. The van der Waals surface area contributed by atoms with E-state index in [1.54, 1.807) is 0 Å². The highest BCUT2D eigenvalue weighted by atomic mass is 16.4. The molecule has 0 amide bonds. The zero-order valence-electron chi connectivity index (χ0n) is 25.6. The van der Waals surface area contributed by atoms with Crippen LogP contribution in [0.4, 0.5) is 0 Å². The number of aryl methyl sites for hydroxylation is 1. The lowest BCUT2D eigenvalue weighted by molar-refractivity contribution is -0.137. The third-order valence-electron chi connectivity index (χ3n) is 8.23. The number of unbranched alkanes of at least 4 members (excludes halogenated alkanes) is 9. The van der Waals surface area contributed by atoms with Gasteiger partial charge in [-0.05, 0) is 60.3 Å². The van der Waals surface area contributed by atoms with Crippen molar-refractivity contribution in [2.75, 3.05) is 0 Å². The molecule has 4 rings (SSSR count). The van der Waals surface area contributed by atoms with E-state index in [1.807, 2.05) is 12.4 Å². The Labute approximate surface area is 249 Å². The lowest BCUT2D eigenvalue weighted by Gasteiger charge is -2.10. The fourth-order valence-electron chi connectivity index (χ4n) is 5.64. The van der Waals surface area contributed by atoms with E-state index in [9.17, 15) is 4.79 Å². The largest absolute Gasteiger partial charge is 0.481 e. The maximum atomic E-state index is 10.1. The molecule has 0 radical (unpaired) electrons. The maximum Gasteiger partial charge on any atom is 0.303 e. The van der Waals surface area contributed by atoms with E-state index in [4.69, 9.17) is 5.11 Å². The Kier molecular flexibility index (Phi) is 15.2. The number of rotatable bonds is 16. The minimum absolute atomic E-state index is 0.339. The Balaban J connectivity index is 0.000000358. The molecule has 0 bridgehead atoms. The van der Waals surface area contributed by atoms with Crippen molar-refractivity contribution in [2.45, 2.75) is 129 Å². The molecule has 0 saturated heterocycles. The molecule has 1 aliphatic carbocycles. The van der Waals surface area contributed by atoms with Gasteiger partial charge in [0.05, 0.1) is 0 Å². The molecule has 41 heavy (non-hydrogen) atoms. The van der Waals surface area contributed by atoms with E-state index in [1.165, 1.54) is 106 Å². The van der Waals surface area contributed by atoms with Gasteiger partial charge >= 0.3 is 5.97 Å². The summed E-state index contributed by atoms with van der Waals surface area (Å²) in [5.41, 5.74) is 6.36. The Morgan fingerprint density at radius 3 is 1.73 bits per heavy atom. The van der Waals surface area contributed by atoms with Crippen molar-refractivity contribution in [1.82, 2.24) is 9.97 Å². The van der Waals surface area contributed by atoms with Crippen LogP contribution in [0.3, 0.4) is 0 Å². The Hall–Kier alpha value is -3.01. The fourth-order valence-corrected chi connectivity index (χ4v) is 5.64. The predicted molar refractivity (Wildman–Crippen MR) is 172 cm³/mol. The molecule has 4 nitrogen and oxygen atoms in total. The molecular formula is C37H52N2O2. The van der Waals surface area contributed by atoms with Crippen LogP contribution >= 0.6 is 0 Å². The first-order valence-corrected chi connectivity index (χ1v) is 16.3. The SMILES string of the molecule is CCCCCCCCC(=O)O.CCCCCCCc1cnc(-c2ccc(-c3ccc(C4CCCC4)cc3)cc2)nc1. The molecular weight excluding hydrogens is 504 g/mol. The quantitative estimate of drug-likeness (QED) is 0.178. The summed E-state index contributed by atoms with van der Waals surface area (Å²) in [6, 6.07) is 17.8. The molecule has 0 atom stereocenters. The van der Waals surface area contributed by atoms with Crippen molar-refractivity contribution < 1.29 is 9.90 Å². The molecule has 4 heteroatoms. The van der Waals surface area contributed by atoms with Gasteiger partial charge in [0.25, 0.3) is 0 Å². The highest BCUT2D eigenvalue weighted by molar-refractivity contribution is 5.68. The number of benzene rings is 2. The smallest absolute Gasteiger partial charge is 0.303 e. The van der Waals surface area contributed by atoms with E-state index in [0.717, 1.165) is 36.6 Å². The summed E-state index contributed by atoms with van der Waals surface area (Å²) in [5, 5.41) is 8.32. The second-order valence-corrected chi connectivity index (χ2v) is 11.7. The van der Waals surface area contributed by atoms with E-state index in [0.29, 0.717) is 6.42 Å².